The van der Waals surface area contributed by atoms with Crippen LogP contribution in [0, 0.1) is 11.8 Å². The number of amides is 1. The molecule has 1 saturated carbocycles. The van der Waals surface area contributed by atoms with Gasteiger partial charge in [-0.1, -0.05) is 57.0 Å². The van der Waals surface area contributed by atoms with Crippen molar-refractivity contribution >= 4 is 17.7 Å². The van der Waals surface area contributed by atoms with E-state index in [4.69, 9.17) is 0 Å². The molecule has 1 aromatic carbocycles. The Morgan fingerprint density at radius 2 is 1.89 bits per heavy atom. The van der Waals surface area contributed by atoms with Crippen molar-refractivity contribution in [2.24, 2.45) is 11.8 Å². The minimum atomic E-state index is 0.207. The van der Waals surface area contributed by atoms with Crippen LogP contribution in [0.1, 0.15) is 57.4 Å². The third-order valence-electron chi connectivity index (χ3n) is 6.21. The van der Waals surface area contributed by atoms with Crippen LogP contribution < -0.4 is 0 Å². The number of nitrogens with zero attached hydrogens (tertiary/aromatic N) is 5. The van der Waals surface area contributed by atoms with E-state index in [1.165, 1.54) is 49.4 Å². The molecule has 1 aromatic heterocycles. The minimum Gasteiger partial charge on any atom is -0.342 e. The number of thioether (sulfide) groups is 1. The summed E-state index contributed by atoms with van der Waals surface area (Å²) >= 11 is 1.43. The number of benzene rings is 1. The number of carbonyl (C=O) groups is 1. The maximum absolute atomic E-state index is 12.8. The van der Waals surface area contributed by atoms with E-state index in [2.05, 4.69) is 46.4 Å². The third kappa shape index (κ3) is 4.24. The van der Waals surface area contributed by atoms with Crippen LogP contribution in [0.3, 0.4) is 0 Å². The van der Waals surface area contributed by atoms with Crippen molar-refractivity contribution in [3.05, 3.63) is 29.8 Å². The van der Waals surface area contributed by atoms with E-state index in [0.717, 1.165) is 24.7 Å². The SMILES string of the molecule is CC(C)c1ccc(-n2nnnc2SCC(=O)N2CC[C@@H]3CCCC[C@H]3C2)cc1. The molecule has 1 aliphatic heterocycles. The lowest BCUT2D eigenvalue weighted by atomic mass is 9.75. The summed E-state index contributed by atoms with van der Waals surface area (Å²) in [5, 5.41) is 12.7. The second kappa shape index (κ2) is 8.64. The molecule has 150 valence electrons. The van der Waals surface area contributed by atoms with Gasteiger partial charge in [0.25, 0.3) is 0 Å². The predicted octanol–water partition coefficient (Wildman–Crippen LogP) is 3.92. The van der Waals surface area contributed by atoms with Gasteiger partial charge in [-0.15, -0.1) is 5.10 Å². The van der Waals surface area contributed by atoms with Crippen LogP contribution in [-0.4, -0.2) is 49.9 Å². The summed E-state index contributed by atoms with van der Waals surface area (Å²) in [7, 11) is 0. The standard InChI is InChI=1S/C21H29N5OS/c1-15(2)16-7-9-19(10-8-16)26-21(22-23-24-26)28-14-20(27)25-12-11-17-5-3-4-6-18(17)13-25/h7-10,15,17-18H,3-6,11-14H2,1-2H3/t17-,18-/m0/s1. The van der Waals surface area contributed by atoms with Crippen molar-refractivity contribution < 1.29 is 4.79 Å². The Kier molecular flexibility index (Phi) is 5.99. The highest BCUT2D eigenvalue weighted by Crippen LogP contribution is 2.36. The molecule has 0 N–H and O–H groups in total. The van der Waals surface area contributed by atoms with E-state index in [1.807, 2.05) is 12.1 Å². The molecule has 28 heavy (non-hydrogen) atoms. The fourth-order valence-electron chi connectivity index (χ4n) is 4.48. The van der Waals surface area contributed by atoms with Crippen molar-refractivity contribution in [2.75, 3.05) is 18.8 Å². The Morgan fingerprint density at radius 1 is 1.14 bits per heavy atom. The lowest BCUT2D eigenvalue weighted by Gasteiger charge is -2.41. The summed E-state index contributed by atoms with van der Waals surface area (Å²) in [5.74, 6) is 2.64. The van der Waals surface area contributed by atoms with Crippen LogP contribution in [0.25, 0.3) is 5.69 Å². The monoisotopic (exact) mass is 399 g/mol. The number of likely N-dealkylation sites (tertiary alicyclic amines) is 1. The van der Waals surface area contributed by atoms with Gasteiger partial charge in [-0.2, -0.15) is 4.68 Å². The Morgan fingerprint density at radius 3 is 2.64 bits per heavy atom. The van der Waals surface area contributed by atoms with E-state index >= 15 is 0 Å². The molecule has 1 saturated heterocycles. The zero-order valence-electron chi connectivity index (χ0n) is 16.8. The number of piperidine rings is 1. The molecule has 0 bridgehead atoms. The van der Waals surface area contributed by atoms with E-state index in [1.54, 1.807) is 4.68 Å². The molecule has 4 rings (SSSR count). The van der Waals surface area contributed by atoms with Gasteiger partial charge in [0.05, 0.1) is 11.4 Å². The second-order valence-corrected chi connectivity index (χ2v) is 9.28. The summed E-state index contributed by atoms with van der Waals surface area (Å²) in [6.07, 6.45) is 6.49. The van der Waals surface area contributed by atoms with E-state index in [-0.39, 0.29) is 5.91 Å². The maximum atomic E-state index is 12.8. The maximum Gasteiger partial charge on any atom is 0.233 e. The van der Waals surface area contributed by atoms with Gasteiger partial charge in [-0.05, 0) is 58.7 Å². The predicted molar refractivity (Wildman–Crippen MR) is 111 cm³/mol. The van der Waals surface area contributed by atoms with Crippen LogP contribution in [0.15, 0.2) is 29.4 Å². The average molecular weight is 400 g/mol. The second-order valence-electron chi connectivity index (χ2n) is 8.34. The van der Waals surface area contributed by atoms with Crippen molar-refractivity contribution in [3.63, 3.8) is 0 Å². The molecule has 0 unspecified atom stereocenters. The smallest absolute Gasteiger partial charge is 0.233 e. The Labute approximate surface area is 171 Å². The first-order valence-electron chi connectivity index (χ1n) is 10.4. The van der Waals surface area contributed by atoms with Crippen molar-refractivity contribution in [1.29, 1.82) is 0 Å². The van der Waals surface area contributed by atoms with Crippen molar-refractivity contribution in [1.82, 2.24) is 25.1 Å². The van der Waals surface area contributed by atoms with Gasteiger partial charge in [-0.25, -0.2) is 0 Å². The highest BCUT2D eigenvalue weighted by molar-refractivity contribution is 7.99. The zero-order valence-corrected chi connectivity index (χ0v) is 17.6. The molecule has 1 amide bonds. The van der Waals surface area contributed by atoms with E-state index in [9.17, 15) is 4.79 Å². The summed E-state index contributed by atoms with van der Waals surface area (Å²) in [6, 6.07) is 8.28. The number of tetrazole rings is 1. The normalized spacial score (nSPS) is 22.3. The van der Waals surface area contributed by atoms with Gasteiger partial charge in [0.2, 0.25) is 11.1 Å². The van der Waals surface area contributed by atoms with Gasteiger partial charge in [0.1, 0.15) is 0 Å². The first-order chi connectivity index (χ1) is 13.6. The molecule has 2 atom stereocenters. The molecule has 7 heteroatoms. The lowest BCUT2D eigenvalue weighted by molar-refractivity contribution is -0.131. The number of rotatable bonds is 5. The van der Waals surface area contributed by atoms with Crippen molar-refractivity contribution in [3.8, 4) is 5.69 Å². The minimum absolute atomic E-state index is 0.207. The Bertz CT molecular complexity index is 803. The van der Waals surface area contributed by atoms with E-state index < -0.39 is 0 Å². The summed E-state index contributed by atoms with van der Waals surface area (Å²) < 4.78 is 1.72. The summed E-state index contributed by atoms with van der Waals surface area (Å²) in [5.41, 5.74) is 2.21. The van der Waals surface area contributed by atoms with Crippen LogP contribution in [0.5, 0.6) is 0 Å². The van der Waals surface area contributed by atoms with Crippen LogP contribution in [0.4, 0.5) is 0 Å². The first-order valence-corrected chi connectivity index (χ1v) is 11.4. The molecule has 1 aliphatic carbocycles. The number of aromatic nitrogens is 4. The van der Waals surface area contributed by atoms with E-state index in [0.29, 0.717) is 22.7 Å². The lowest BCUT2D eigenvalue weighted by Crippen LogP contribution is -2.45. The van der Waals surface area contributed by atoms with Crippen LogP contribution >= 0.6 is 11.8 Å². The van der Waals surface area contributed by atoms with Gasteiger partial charge in [0.15, 0.2) is 0 Å². The third-order valence-corrected chi connectivity index (χ3v) is 7.12. The number of fused-ring (bicyclic) bond motifs is 1. The quantitative estimate of drug-likeness (QED) is 0.713. The topological polar surface area (TPSA) is 63.9 Å². The molecule has 2 heterocycles. The zero-order chi connectivity index (χ0) is 19.5. The van der Waals surface area contributed by atoms with Crippen molar-refractivity contribution in [2.45, 2.75) is 57.0 Å². The largest absolute Gasteiger partial charge is 0.342 e. The van der Waals surface area contributed by atoms with Gasteiger partial charge >= 0.3 is 0 Å². The van der Waals surface area contributed by atoms with Crippen LogP contribution in [0.2, 0.25) is 0 Å². The molecule has 6 nitrogen and oxygen atoms in total. The van der Waals surface area contributed by atoms with Gasteiger partial charge in [-0.3, -0.25) is 4.79 Å². The molecule has 0 radical (unpaired) electrons. The highest BCUT2D eigenvalue weighted by Gasteiger charge is 2.32. The number of carbonyl (C=O) groups excluding carboxylic acids is 1. The molecule has 2 aromatic rings. The fraction of sp³-hybridized carbons (Fsp3) is 0.619. The Balaban J connectivity index is 1.36. The molecule has 2 fully saturated rings. The summed E-state index contributed by atoms with van der Waals surface area (Å²) in [4.78, 5) is 14.8. The average Bonchev–Trinajstić information content (AvgIpc) is 3.20. The van der Waals surface area contributed by atoms with Gasteiger partial charge < -0.3 is 4.90 Å². The molecule has 0 spiro atoms. The highest BCUT2D eigenvalue weighted by atomic mass is 32.2. The van der Waals surface area contributed by atoms with Gasteiger partial charge in [0, 0.05) is 13.1 Å². The number of hydrogen-bond donors (Lipinski definition) is 0. The molecule has 2 aliphatic rings. The Hall–Kier alpha value is -1.89. The molecular formula is C21H29N5OS. The molecular weight excluding hydrogens is 370 g/mol. The van der Waals surface area contributed by atoms with Crippen LogP contribution in [-0.2, 0) is 4.79 Å². The number of hydrogen-bond acceptors (Lipinski definition) is 5. The summed E-state index contributed by atoms with van der Waals surface area (Å²) in [6.45, 7) is 6.19. The fourth-order valence-corrected chi connectivity index (χ4v) is 5.27. The first kappa shape index (κ1) is 19.4.